The molecule has 110 valence electrons. The Balaban J connectivity index is 2.14. The van der Waals surface area contributed by atoms with Gasteiger partial charge in [0.15, 0.2) is 11.6 Å². The van der Waals surface area contributed by atoms with Gasteiger partial charge in [-0.25, -0.2) is 8.78 Å². The van der Waals surface area contributed by atoms with Gasteiger partial charge < -0.3 is 15.8 Å². The Hall–Kier alpha value is -2.63. The summed E-state index contributed by atoms with van der Waals surface area (Å²) in [7, 11) is 1.38. The monoisotopic (exact) mass is 292 g/mol. The van der Waals surface area contributed by atoms with Crippen molar-refractivity contribution < 1.29 is 18.3 Å². The van der Waals surface area contributed by atoms with Crippen molar-refractivity contribution >= 4 is 11.6 Å². The first-order chi connectivity index (χ1) is 10.0. The highest BCUT2D eigenvalue weighted by atomic mass is 19.1. The highest BCUT2D eigenvalue weighted by Gasteiger charge is 2.08. The second-order valence-electron chi connectivity index (χ2n) is 4.38. The third-order valence-corrected chi connectivity index (χ3v) is 2.95. The van der Waals surface area contributed by atoms with Gasteiger partial charge in [-0.15, -0.1) is 0 Å². The number of primary amides is 1. The topological polar surface area (TPSA) is 64.3 Å². The molecule has 0 unspecified atom stereocenters. The number of hydrogen-bond acceptors (Lipinski definition) is 3. The number of nitrogens with one attached hydrogen (secondary N) is 1. The van der Waals surface area contributed by atoms with E-state index < -0.39 is 17.5 Å². The fourth-order valence-corrected chi connectivity index (χ4v) is 1.83. The Kier molecular flexibility index (Phi) is 4.37. The number of amides is 1. The minimum atomic E-state index is -0.645. The summed E-state index contributed by atoms with van der Waals surface area (Å²) in [6.45, 7) is 0.194. The van der Waals surface area contributed by atoms with Gasteiger partial charge in [0.05, 0.1) is 12.8 Å². The van der Waals surface area contributed by atoms with Gasteiger partial charge in [0.25, 0.3) is 0 Å². The molecule has 0 aliphatic carbocycles. The van der Waals surface area contributed by atoms with Crippen LogP contribution in [-0.2, 0) is 6.54 Å². The van der Waals surface area contributed by atoms with Crippen LogP contribution in [0.4, 0.5) is 14.5 Å². The number of rotatable bonds is 5. The summed E-state index contributed by atoms with van der Waals surface area (Å²) in [5.74, 6) is -1.52. The number of anilines is 1. The zero-order valence-corrected chi connectivity index (χ0v) is 11.3. The quantitative estimate of drug-likeness (QED) is 0.890. The van der Waals surface area contributed by atoms with E-state index in [9.17, 15) is 13.6 Å². The van der Waals surface area contributed by atoms with Crippen LogP contribution in [0.15, 0.2) is 36.4 Å². The molecule has 0 saturated heterocycles. The predicted octanol–water partition coefficient (Wildman–Crippen LogP) is 2.68. The summed E-state index contributed by atoms with van der Waals surface area (Å²) >= 11 is 0. The SMILES string of the molecule is COc1ccc(CNc2cc(C(N)=O)ccc2F)cc1F. The van der Waals surface area contributed by atoms with Gasteiger partial charge in [0.1, 0.15) is 5.82 Å². The lowest BCUT2D eigenvalue weighted by Crippen LogP contribution is -2.12. The zero-order chi connectivity index (χ0) is 15.4. The van der Waals surface area contributed by atoms with Gasteiger partial charge >= 0.3 is 0 Å². The van der Waals surface area contributed by atoms with Crippen LogP contribution in [0.1, 0.15) is 15.9 Å². The molecule has 3 N–H and O–H groups in total. The summed E-state index contributed by atoms with van der Waals surface area (Å²) in [5.41, 5.74) is 6.07. The van der Waals surface area contributed by atoms with Gasteiger partial charge in [-0.3, -0.25) is 4.79 Å². The lowest BCUT2D eigenvalue weighted by Gasteiger charge is -2.10. The summed E-state index contributed by atoms with van der Waals surface area (Å²) in [4.78, 5) is 11.1. The summed E-state index contributed by atoms with van der Waals surface area (Å²) < 4.78 is 32.0. The molecular formula is C15H14F2N2O2. The Bertz CT molecular complexity index is 675. The number of ether oxygens (including phenoxy) is 1. The minimum absolute atomic E-state index is 0.127. The molecule has 0 fully saturated rings. The van der Waals surface area contributed by atoms with E-state index >= 15 is 0 Å². The van der Waals surface area contributed by atoms with Crippen molar-refractivity contribution in [3.8, 4) is 5.75 Å². The van der Waals surface area contributed by atoms with Crippen LogP contribution in [0.3, 0.4) is 0 Å². The second-order valence-corrected chi connectivity index (χ2v) is 4.38. The van der Waals surface area contributed by atoms with Crippen LogP contribution in [0.2, 0.25) is 0 Å². The fourth-order valence-electron chi connectivity index (χ4n) is 1.83. The molecular weight excluding hydrogens is 278 g/mol. The molecule has 6 heteroatoms. The summed E-state index contributed by atoms with van der Waals surface area (Å²) in [5, 5.41) is 2.80. The number of halogens is 2. The number of carbonyl (C=O) groups is 1. The van der Waals surface area contributed by atoms with E-state index in [0.29, 0.717) is 5.56 Å². The number of hydrogen-bond donors (Lipinski definition) is 2. The number of nitrogens with two attached hydrogens (primary N) is 1. The molecule has 0 aliphatic heterocycles. The van der Waals surface area contributed by atoms with Crippen molar-refractivity contribution in [2.75, 3.05) is 12.4 Å². The van der Waals surface area contributed by atoms with Crippen LogP contribution in [-0.4, -0.2) is 13.0 Å². The number of methoxy groups -OCH3 is 1. The Morgan fingerprint density at radius 3 is 2.57 bits per heavy atom. The molecule has 0 saturated carbocycles. The Morgan fingerprint density at radius 2 is 1.95 bits per heavy atom. The van der Waals surface area contributed by atoms with Crippen LogP contribution < -0.4 is 15.8 Å². The van der Waals surface area contributed by atoms with Crippen LogP contribution in [0.5, 0.6) is 5.75 Å². The van der Waals surface area contributed by atoms with E-state index in [4.69, 9.17) is 10.5 Å². The Morgan fingerprint density at radius 1 is 1.19 bits per heavy atom. The van der Waals surface area contributed by atoms with E-state index in [-0.39, 0.29) is 23.5 Å². The molecule has 0 spiro atoms. The van der Waals surface area contributed by atoms with Crippen molar-refractivity contribution in [3.63, 3.8) is 0 Å². The average molecular weight is 292 g/mol. The first-order valence-corrected chi connectivity index (χ1v) is 6.17. The van der Waals surface area contributed by atoms with E-state index in [0.717, 1.165) is 6.07 Å². The Labute approximate surface area is 120 Å². The summed E-state index contributed by atoms with van der Waals surface area (Å²) in [6, 6.07) is 8.21. The van der Waals surface area contributed by atoms with Gasteiger partial charge in [0.2, 0.25) is 5.91 Å². The number of benzene rings is 2. The predicted molar refractivity (Wildman–Crippen MR) is 75.2 cm³/mol. The fraction of sp³-hybridized carbons (Fsp3) is 0.133. The zero-order valence-electron chi connectivity index (χ0n) is 11.3. The third kappa shape index (κ3) is 3.47. The average Bonchev–Trinajstić information content (AvgIpc) is 2.46. The lowest BCUT2D eigenvalue weighted by atomic mass is 10.1. The first kappa shape index (κ1) is 14.8. The molecule has 0 aliphatic rings. The first-order valence-electron chi connectivity index (χ1n) is 6.17. The lowest BCUT2D eigenvalue weighted by molar-refractivity contribution is 0.100. The molecule has 2 rings (SSSR count). The number of carbonyl (C=O) groups excluding carboxylic acids is 1. The van der Waals surface area contributed by atoms with Gasteiger partial charge in [-0.2, -0.15) is 0 Å². The molecule has 0 bridgehead atoms. The maximum Gasteiger partial charge on any atom is 0.248 e. The van der Waals surface area contributed by atoms with Crippen molar-refractivity contribution in [1.82, 2.24) is 0 Å². The van der Waals surface area contributed by atoms with Crippen molar-refractivity contribution in [2.45, 2.75) is 6.54 Å². The van der Waals surface area contributed by atoms with Crippen molar-refractivity contribution in [2.24, 2.45) is 5.73 Å². The van der Waals surface area contributed by atoms with Gasteiger partial charge in [-0.05, 0) is 35.9 Å². The molecule has 0 radical (unpaired) electrons. The standard InChI is InChI=1S/C15H14F2N2O2/c1-21-14-5-2-9(6-12(14)17)8-19-13-7-10(15(18)20)3-4-11(13)16/h2-7,19H,8H2,1H3,(H2,18,20). The molecule has 0 atom stereocenters. The van der Waals surface area contributed by atoms with Crippen molar-refractivity contribution in [1.29, 1.82) is 0 Å². The second kappa shape index (κ2) is 6.21. The molecule has 0 heterocycles. The normalized spacial score (nSPS) is 10.2. The highest BCUT2D eigenvalue weighted by Crippen LogP contribution is 2.20. The minimum Gasteiger partial charge on any atom is -0.494 e. The molecule has 2 aromatic rings. The van der Waals surface area contributed by atoms with Crippen LogP contribution >= 0.6 is 0 Å². The van der Waals surface area contributed by atoms with E-state index in [2.05, 4.69) is 5.32 Å². The van der Waals surface area contributed by atoms with Crippen LogP contribution in [0, 0.1) is 11.6 Å². The van der Waals surface area contributed by atoms with Crippen LogP contribution in [0.25, 0.3) is 0 Å². The molecule has 21 heavy (non-hydrogen) atoms. The maximum atomic E-state index is 13.6. The van der Waals surface area contributed by atoms with E-state index in [1.54, 1.807) is 6.07 Å². The molecule has 0 aromatic heterocycles. The largest absolute Gasteiger partial charge is 0.494 e. The van der Waals surface area contributed by atoms with Crippen molar-refractivity contribution in [3.05, 3.63) is 59.2 Å². The van der Waals surface area contributed by atoms with E-state index in [1.165, 1.54) is 31.4 Å². The molecule has 4 nitrogen and oxygen atoms in total. The molecule has 1 amide bonds. The smallest absolute Gasteiger partial charge is 0.248 e. The van der Waals surface area contributed by atoms with Gasteiger partial charge in [0, 0.05) is 12.1 Å². The summed E-state index contributed by atoms with van der Waals surface area (Å²) in [6.07, 6.45) is 0. The highest BCUT2D eigenvalue weighted by molar-refractivity contribution is 5.93. The molecule has 2 aromatic carbocycles. The maximum absolute atomic E-state index is 13.6. The van der Waals surface area contributed by atoms with E-state index in [1.807, 2.05) is 0 Å². The van der Waals surface area contributed by atoms with Gasteiger partial charge in [-0.1, -0.05) is 6.07 Å². The third-order valence-electron chi connectivity index (χ3n) is 2.95.